The van der Waals surface area contributed by atoms with Crippen molar-refractivity contribution >= 4 is 12.0 Å². The molecule has 1 N–H and O–H groups in total. The Balaban J connectivity index is 1.39. The predicted octanol–water partition coefficient (Wildman–Crippen LogP) is 1.86. The van der Waals surface area contributed by atoms with E-state index in [9.17, 15) is 14.0 Å². The van der Waals surface area contributed by atoms with E-state index in [-0.39, 0.29) is 30.3 Å². The molecular formula is C16H19FN2O3. The summed E-state index contributed by atoms with van der Waals surface area (Å²) < 4.78 is 18.7. The molecule has 0 spiro atoms. The lowest BCUT2D eigenvalue weighted by atomic mass is 10.1. The highest BCUT2D eigenvalue weighted by Gasteiger charge is 2.40. The maximum Gasteiger partial charge on any atom is 0.410 e. The largest absolute Gasteiger partial charge is 0.442 e. The first-order valence-corrected chi connectivity index (χ1v) is 7.61. The van der Waals surface area contributed by atoms with Gasteiger partial charge in [0.15, 0.2) is 0 Å². The van der Waals surface area contributed by atoms with Gasteiger partial charge in [-0.2, -0.15) is 0 Å². The van der Waals surface area contributed by atoms with E-state index in [0.717, 1.165) is 12.8 Å². The molecule has 2 aliphatic rings. The smallest absolute Gasteiger partial charge is 0.410 e. The van der Waals surface area contributed by atoms with E-state index in [1.54, 1.807) is 23.1 Å². The Hall–Kier alpha value is -2.11. The molecule has 6 heteroatoms. The molecule has 118 valence electrons. The first-order chi connectivity index (χ1) is 10.6. The van der Waals surface area contributed by atoms with Crippen molar-refractivity contribution in [1.29, 1.82) is 0 Å². The van der Waals surface area contributed by atoms with Crippen LogP contribution in [0.5, 0.6) is 0 Å². The van der Waals surface area contributed by atoms with Crippen molar-refractivity contribution in [2.75, 3.05) is 13.1 Å². The number of aryl methyl sites for hydroxylation is 1. The van der Waals surface area contributed by atoms with Gasteiger partial charge in [0.1, 0.15) is 11.9 Å². The predicted molar refractivity (Wildman–Crippen MR) is 77.7 cm³/mol. The van der Waals surface area contributed by atoms with Gasteiger partial charge in [-0.15, -0.1) is 0 Å². The molecule has 1 unspecified atom stereocenters. The van der Waals surface area contributed by atoms with E-state index in [0.29, 0.717) is 31.1 Å². The second-order valence-electron chi connectivity index (χ2n) is 5.78. The number of ether oxygens (including phenoxy) is 1. The number of hydrogen-bond acceptors (Lipinski definition) is 3. The van der Waals surface area contributed by atoms with Crippen molar-refractivity contribution in [2.24, 2.45) is 0 Å². The van der Waals surface area contributed by atoms with Crippen molar-refractivity contribution in [3.63, 3.8) is 0 Å². The fourth-order valence-corrected chi connectivity index (χ4v) is 2.60. The van der Waals surface area contributed by atoms with Gasteiger partial charge in [-0.05, 0) is 30.9 Å². The van der Waals surface area contributed by atoms with Gasteiger partial charge in [-0.1, -0.05) is 18.2 Å². The third kappa shape index (κ3) is 3.55. The third-order valence-corrected chi connectivity index (χ3v) is 4.00. The zero-order chi connectivity index (χ0) is 15.5. The lowest BCUT2D eigenvalue weighted by Crippen LogP contribution is -2.35. The first kappa shape index (κ1) is 14.8. The van der Waals surface area contributed by atoms with Gasteiger partial charge in [-0.3, -0.25) is 4.79 Å². The minimum atomic E-state index is -0.292. The first-order valence-electron chi connectivity index (χ1n) is 7.61. The molecule has 2 fully saturated rings. The number of carbonyl (C=O) groups is 2. The number of cyclic esters (lactones) is 1. The van der Waals surface area contributed by atoms with Gasteiger partial charge in [0, 0.05) is 12.5 Å². The number of nitrogens with one attached hydrogen (secondary N) is 1. The summed E-state index contributed by atoms with van der Waals surface area (Å²) in [5.74, 6) is -0.454. The van der Waals surface area contributed by atoms with E-state index in [1.807, 2.05) is 0 Å². The summed E-state index contributed by atoms with van der Waals surface area (Å²) in [6, 6.07) is 6.76. The summed E-state index contributed by atoms with van der Waals surface area (Å²) in [6.07, 6.45) is 2.08. The van der Waals surface area contributed by atoms with Crippen molar-refractivity contribution < 1.29 is 18.7 Å². The molecule has 1 atom stereocenters. The average molecular weight is 306 g/mol. The molecule has 5 nitrogen and oxygen atoms in total. The SMILES string of the molecule is O=C(CCc1ccccc1F)NCC1CN(C2CC2)C(=O)O1. The van der Waals surface area contributed by atoms with Crippen molar-refractivity contribution in [2.45, 2.75) is 37.8 Å². The summed E-state index contributed by atoms with van der Waals surface area (Å²) in [5, 5.41) is 2.75. The maximum atomic E-state index is 13.4. The molecule has 1 aromatic rings. The topological polar surface area (TPSA) is 58.6 Å². The van der Waals surface area contributed by atoms with Crippen LogP contribution in [0.2, 0.25) is 0 Å². The van der Waals surface area contributed by atoms with Crippen LogP contribution in [0.4, 0.5) is 9.18 Å². The lowest BCUT2D eigenvalue weighted by Gasteiger charge is -2.11. The quantitative estimate of drug-likeness (QED) is 0.872. The number of hydrogen-bond donors (Lipinski definition) is 1. The summed E-state index contributed by atoms with van der Waals surface area (Å²) >= 11 is 0. The van der Waals surface area contributed by atoms with E-state index in [2.05, 4.69) is 5.32 Å². The Morgan fingerprint density at radius 2 is 2.14 bits per heavy atom. The molecule has 1 heterocycles. The molecule has 0 radical (unpaired) electrons. The van der Waals surface area contributed by atoms with Crippen LogP contribution in [0.1, 0.15) is 24.8 Å². The summed E-state index contributed by atoms with van der Waals surface area (Å²) in [7, 11) is 0. The van der Waals surface area contributed by atoms with Crippen LogP contribution in [0.15, 0.2) is 24.3 Å². The van der Waals surface area contributed by atoms with Crippen LogP contribution in [0.25, 0.3) is 0 Å². The zero-order valence-corrected chi connectivity index (χ0v) is 12.3. The van der Waals surface area contributed by atoms with Crippen LogP contribution in [-0.4, -0.2) is 42.1 Å². The Labute approximate surface area is 128 Å². The molecule has 0 aromatic heterocycles. The van der Waals surface area contributed by atoms with Crippen molar-refractivity contribution in [1.82, 2.24) is 10.2 Å². The number of benzene rings is 1. The number of amides is 2. The molecular weight excluding hydrogens is 287 g/mol. The maximum absolute atomic E-state index is 13.4. The zero-order valence-electron chi connectivity index (χ0n) is 12.3. The molecule has 1 aliphatic heterocycles. The monoisotopic (exact) mass is 306 g/mol. The molecule has 0 bridgehead atoms. The van der Waals surface area contributed by atoms with Gasteiger partial charge in [0.25, 0.3) is 0 Å². The lowest BCUT2D eigenvalue weighted by molar-refractivity contribution is -0.121. The minimum absolute atomic E-state index is 0.163. The van der Waals surface area contributed by atoms with Crippen LogP contribution >= 0.6 is 0 Å². The normalized spacial score (nSPS) is 20.9. The van der Waals surface area contributed by atoms with Gasteiger partial charge in [0.05, 0.1) is 13.1 Å². The second-order valence-corrected chi connectivity index (χ2v) is 5.78. The molecule has 1 aliphatic carbocycles. The number of carbonyl (C=O) groups excluding carboxylic acids is 2. The summed E-state index contributed by atoms with van der Waals surface area (Å²) in [6.45, 7) is 0.849. The molecule has 1 aromatic carbocycles. The van der Waals surface area contributed by atoms with Crippen LogP contribution in [0.3, 0.4) is 0 Å². The van der Waals surface area contributed by atoms with Crippen LogP contribution in [-0.2, 0) is 16.0 Å². The summed E-state index contributed by atoms with van der Waals surface area (Å²) in [4.78, 5) is 25.1. The number of nitrogens with zero attached hydrogens (tertiary/aromatic N) is 1. The molecule has 2 amide bonds. The van der Waals surface area contributed by atoms with Crippen molar-refractivity contribution in [3.05, 3.63) is 35.6 Å². The molecule has 1 saturated carbocycles. The standard InChI is InChI=1S/C16H19FN2O3/c17-14-4-2-1-3-11(14)5-8-15(20)18-9-13-10-19(12-6-7-12)16(21)22-13/h1-4,12-13H,5-10H2,(H,18,20). The van der Waals surface area contributed by atoms with Gasteiger partial charge in [-0.25, -0.2) is 9.18 Å². The van der Waals surface area contributed by atoms with Gasteiger partial charge >= 0.3 is 6.09 Å². The van der Waals surface area contributed by atoms with Gasteiger partial charge in [0.2, 0.25) is 5.91 Å². The van der Waals surface area contributed by atoms with Crippen LogP contribution < -0.4 is 5.32 Å². The Bertz CT molecular complexity index is 574. The highest BCUT2D eigenvalue weighted by atomic mass is 19.1. The fourth-order valence-electron chi connectivity index (χ4n) is 2.60. The number of halogens is 1. The molecule has 3 rings (SSSR count). The Kier molecular flexibility index (Phi) is 4.27. The Morgan fingerprint density at radius 1 is 1.36 bits per heavy atom. The van der Waals surface area contributed by atoms with E-state index in [4.69, 9.17) is 4.74 Å². The van der Waals surface area contributed by atoms with E-state index >= 15 is 0 Å². The van der Waals surface area contributed by atoms with Gasteiger partial charge < -0.3 is 15.0 Å². The molecule has 22 heavy (non-hydrogen) atoms. The second kappa shape index (κ2) is 6.34. The molecule has 1 saturated heterocycles. The van der Waals surface area contributed by atoms with E-state index in [1.165, 1.54) is 6.07 Å². The average Bonchev–Trinajstić information content (AvgIpc) is 3.28. The minimum Gasteiger partial charge on any atom is -0.442 e. The van der Waals surface area contributed by atoms with Crippen molar-refractivity contribution in [3.8, 4) is 0 Å². The Morgan fingerprint density at radius 3 is 2.86 bits per heavy atom. The highest BCUT2D eigenvalue weighted by molar-refractivity contribution is 5.76. The van der Waals surface area contributed by atoms with Crippen LogP contribution in [0, 0.1) is 5.82 Å². The third-order valence-electron chi connectivity index (χ3n) is 4.00. The summed E-state index contributed by atoms with van der Waals surface area (Å²) in [5.41, 5.74) is 0.532. The fraction of sp³-hybridized carbons (Fsp3) is 0.500. The highest BCUT2D eigenvalue weighted by Crippen LogP contribution is 2.30. The van der Waals surface area contributed by atoms with E-state index < -0.39 is 0 Å². The number of rotatable bonds is 6.